The standard InChI is InChI=1S/C16H19FN2O3S/c1-19(2)11-12-7-8-15(16(9-12)22-3)18-23(20,21)14-6-4-5-13(17)10-14/h4-10,18H,11H2,1-3H3. The number of hydrogen-bond donors (Lipinski definition) is 1. The normalized spacial score (nSPS) is 11.5. The van der Waals surface area contributed by atoms with Crippen molar-refractivity contribution in [1.29, 1.82) is 0 Å². The zero-order chi connectivity index (χ0) is 17.0. The second kappa shape index (κ2) is 6.97. The average molecular weight is 338 g/mol. The lowest BCUT2D eigenvalue weighted by Crippen LogP contribution is -2.14. The molecule has 7 heteroatoms. The van der Waals surface area contributed by atoms with Crippen LogP contribution in [0.5, 0.6) is 5.75 Å². The molecule has 124 valence electrons. The molecule has 2 rings (SSSR count). The maximum Gasteiger partial charge on any atom is 0.262 e. The van der Waals surface area contributed by atoms with E-state index >= 15 is 0 Å². The highest BCUT2D eigenvalue weighted by atomic mass is 32.2. The Labute approximate surface area is 135 Å². The molecule has 0 heterocycles. The van der Waals surface area contributed by atoms with Crippen molar-refractivity contribution in [3.05, 3.63) is 53.8 Å². The number of anilines is 1. The van der Waals surface area contributed by atoms with Crippen molar-refractivity contribution in [3.63, 3.8) is 0 Å². The fourth-order valence-electron chi connectivity index (χ4n) is 2.12. The molecule has 2 aromatic carbocycles. The van der Waals surface area contributed by atoms with Gasteiger partial charge in [0.2, 0.25) is 0 Å². The number of hydrogen-bond acceptors (Lipinski definition) is 4. The van der Waals surface area contributed by atoms with Crippen molar-refractivity contribution in [2.75, 3.05) is 25.9 Å². The number of nitrogens with one attached hydrogen (secondary N) is 1. The van der Waals surface area contributed by atoms with Crippen LogP contribution in [0.1, 0.15) is 5.56 Å². The summed E-state index contributed by atoms with van der Waals surface area (Å²) in [4.78, 5) is 1.85. The van der Waals surface area contributed by atoms with Gasteiger partial charge in [0.15, 0.2) is 0 Å². The van der Waals surface area contributed by atoms with E-state index in [1.165, 1.54) is 25.3 Å². The Balaban J connectivity index is 2.32. The zero-order valence-corrected chi connectivity index (χ0v) is 14.0. The number of ether oxygens (including phenoxy) is 1. The van der Waals surface area contributed by atoms with Gasteiger partial charge in [-0.25, -0.2) is 12.8 Å². The van der Waals surface area contributed by atoms with Crippen LogP contribution in [0.15, 0.2) is 47.4 Å². The van der Waals surface area contributed by atoms with Gasteiger partial charge in [0, 0.05) is 6.54 Å². The molecule has 0 radical (unpaired) electrons. The van der Waals surface area contributed by atoms with Gasteiger partial charge < -0.3 is 9.64 Å². The number of sulfonamides is 1. The molecule has 0 saturated carbocycles. The number of nitrogens with zero attached hydrogens (tertiary/aromatic N) is 1. The fourth-order valence-corrected chi connectivity index (χ4v) is 3.22. The SMILES string of the molecule is COc1cc(CN(C)C)ccc1NS(=O)(=O)c1cccc(F)c1. The minimum Gasteiger partial charge on any atom is -0.495 e. The van der Waals surface area contributed by atoms with Gasteiger partial charge in [-0.05, 0) is 50.0 Å². The highest BCUT2D eigenvalue weighted by Crippen LogP contribution is 2.28. The number of benzene rings is 2. The van der Waals surface area contributed by atoms with Crippen LogP contribution >= 0.6 is 0 Å². The first-order chi connectivity index (χ1) is 10.8. The van der Waals surface area contributed by atoms with Gasteiger partial charge in [-0.1, -0.05) is 12.1 Å². The summed E-state index contributed by atoms with van der Waals surface area (Å²) in [6, 6.07) is 10.0. The minimum absolute atomic E-state index is 0.142. The Bertz CT molecular complexity index is 792. The summed E-state index contributed by atoms with van der Waals surface area (Å²) in [7, 11) is 1.46. The Kier molecular flexibility index (Phi) is 5.23. The first kappa shape index (κ1) is 17.2. The fraction of sp³-hybridized carbons (Fsp3) is 0.250. The maximum absolute atomic E-state index is 13.2. The van der Waals surface area contributed by atoms with E-state index in [2.05, 4.69) is 4.72 Å². The Morgan fingerprint density at radius 2 is 1.91 bits per heavy atom. The molecule has 0 aromatic heterocycles. The first-order valence-electron chi connectivity index (χ1n) is 6.92. The molecule has 5 nitrogen and oxygen atoms in total. The topological polar surface area (TPSA) is 58.6 Å². The number of halogens is 1. The highest BCUT2D eigenvalue weighted by molar-refractivity contribution is 7.92. The molecular formula is C16H19FN2O3S. The molecule has 0 fully saturated rings. The van der Waals surface area contributed by atoms with Gasteiger partial charge in [-0.2, -0.15) is 0 Å². The molecule has 0 saturated heterocycles. The molecule has 0 aliphatic rings. The maximum atomic E-state index is 13.2. The van der Waals surface area contributed by atoms with Crippen LogP contribution in [0, 0.1) is 5.82 Å². The van der Waals surface area contributed by atoms with Gasteiger partial charge in [0.25, 0.3) is 10.0 Å². The quantitative estimate of drug-likeness (QED) is 0.880. The largest absolute Gasteiger partial charge is 0.495 e. The van der Waals surface area contributed by atoms with Crippen molar-refractivity contribution in [3.8, 4) is 5.75 Å². The summed E-state index contributed by atoms with van der Waals surface area (Å²) >= 11 is 0. The first-order valence-corrected chi connectivity index (χ1v) is 8.40. The van der Waals surface area contributed by atoms with Crippen molar-refractivity contribution in [1.82, 2.24) is 4.90 Å². The molecule has 0 aliphatic heterocycles. The molecule has 0 aliphatic carbocycles. The monoisotopic (exact) mass is 338 g/mol. The summed E-state index contributed by atoms with van der Waals surface area (Å²) in [6.07, 6.45) is 0. The van der Waals surface area contributed by atoms with Crippen LogP contribution in [-0.4, -0.2) is 34.5 Å². The van der Waals surface area contributed by atoms with Crippen LogP contribution in [0.25, 0.3) is 0 Å². The lowest BCUT2D eigenvalue weighted by atomic mass is 10.2. The summed E-state index contributed by atoms with van der Waals surface area (Å²) < 4.78 is 45.6. The van der Waals surface area contributed by atoms with Crippen molar-refractivity contribution < 1.29 is 17.5 Å². The molecule has 2 aromatic rings. The molecule has 0 spiro atoms. The van der Waals surface area contributed by atoms with Crippen molar-refractivity contribution in [2.45, 2.75) is 11.4 Å². The molecule has 0 bridgehead atoms. The average Bonchev–Trinajstić information content (AvgIpc) is 2.48. The highest BCUT2D eigenvalue weighted by Gasteiger charge is 2.17. The molecule has 23 heavy (non-hydrogen) atoms. The second-order valence-corrected chi connectivity index (χ2v) is 7.02. The van der Waals surface area contributed by atoms with Gasteiger partial charge in [-0.15, -0.1) is 0 Å². The van der Waals surface area contributed by atoms with Crippen LogP contribution in [0.3, 0.4) is 0 Å². The van der Waals surface area contributed by atoms with Crippen molar-refractivity contribution in [2.24, 2.45) is 0 Å². The van der Waals surface area contributed by atoms with E-state index in [-0.39, 0.29) is 4.90 Å². The van der Waals surface area contributed by atoms with E-state index < -0.39 is 15.8 Å². The molecule has 0 atom stereocenters. The third kappa shape index (κ3) is 4.43. The molecule has 0 unspecified atom stereocenters. The van der Waals surface area contributed by atoms with E-state index in [1.54, 1.807) is 12.1 Å². The summed E-state index contributed by atoms with van der Waals surface area (Å²) in [5.41, 5.74) is 1.29. The summed E-state index contributed by atoms with van der Waals surface area (Å²) in [5.74, 6) is -0.203. The van der Waals surface area contributed by atoms with E-state index in [0.29, 0.717) is 18.0 Å². The smallest absolute Gasteiger partial charge is 0.262 e. The Hall–Kier alpha value is -2.12. The van der Waals surface area contributed by atoms with Crippen LogP contribution < -0.4 is 9.46 Å². The van der Waals surface area contributed by atoms with Crippen LogP contribution in [0.4, 0.5) is 10.1 Å². The zero-order valence-electron chi connectivity index (χ0n) is 13.2. The van der Waals surface area contributed by atoms with E-state index in [9.17, 15) is 12.8 Å². The van der Waals surface area contributed by atoms with Gasteiger partial charge in [0.1, 0.15) is 11.6 Å². The van der Waals surface area contributed by atoms with E-state index in [4.69, 9.17) is 4.74 Å². The molecular weight excluding hydrogens is 319 g/mol. The third-order valence-corrected chi connectivity index (χ3v) is 4.48. The predicted molar refractivity (Wildman–Crippen MR) is 87.6 cm³/mol. The van der Waals surface area contributed by atoms with Crippen molar-refractivity contribution >= 4 is 15.7 Å². The van der Waals surface area contributed by atoms with E-state index in [1.807, 2.05) is 25.1 Å². The van der Waals surface area contributed by atoms with Gasteiger partial charge in [0.05, 0.1) is 17.7 Å². The Morgan fingerprint density at radius 1 is 1.17 bits per heavy atom. The van der Waals surface area contributed by atoms with Crippen LogP contribution in [0.2, 0.25) is 0 Å². The lowest BCUT2D eigenvalue weighted by Gasteiger charge is -2.15. The number of rotatable bonds is 6. The second-order valence-electron chi connectivity index (χ2n) is 5.34. The number of methoxy groups -OCH3 is 1. The Morgan fingerprint density at radius 3 is 2.52 bits per heavy atom. The van der Waals surface area contributed by atoms with Gasteiger partial charge >= 0.3 is 0 Å². The predicted octanol–water partition coefficient (Wildman–Crippen LogP) is 2.70. The summed E-state index contributed by atoms with van der Waals surface area (Å²) in [5, 5.41) is 0. The van der Waals surface area contributed by atoms with E-state index in [0.717, 1.165) is 11.6 Å². The summed E-state index contributed by atoms with van der Waals surface area (Å²) in [6.45, 7) is 0.702. The van der Waals surface area contributed by atoms with Gasteiger partial charge in [-0.3, -0.25) is 4.72 Å². The third-order valence-electron chi connectivity index (χ3n) is 3.12. The minimum atomic E-state index is -3.88. The molecule has 1 N–H and O–H groups in total. The molecule has 0 amide bonds. The van der Waals surface area contributed by atoms with Crippen LogP contribution in [-0.2, 0) is 16.6 Å². The lowest BCUT2D eigenvalue weighted by molar-refractivity contribution is 0.396.